The van der Waals surface area contributed by atoms with Crippen LogP contribution in [0, 0.1) is 11.3 Å². The van der Waals surface area contributed by atoms with Crippen LogP contribution < -0.4 is 0 Å². The van der Waals surface area contributed by atoms with Crippen molar-refractivity contribution in [3.8, 4) is 6.07 Å². The Balaban J connectivity index is 2.52. The molecule has 3 heteroatoms. The zero-order valence-corrected chi connectivity index (χ0v) is 8.06. The first-order valence-corrected chi connectivity index (χ1v) is 4.61. The minimum absolute atomic E-state index is 0.0918. The van der Waals surface area contributed by atoms with E-state index in [0.717, 1.165) is 12.1 Å². The van der Waals surface area contributed by atoms with Gasteiger partial charge in [-0.05, 0) is 5.56 Å². The predicted octanol–water partition coefficient (Wildman–Crippen LogP) is 1.00. The van der Waals surface area contributed by atoms with E-state index < -0.39 is 0 Å². The molecule has 0 atom stereocenters. The smallest absolute Gasteiger partial charge is 0.0869 e. The Morgan fingerprint density at radius 3 is 2.57 bits per heavy atom. The highest BCUT2D eigenvalue weighted by atomic mass is 16.3. The van der Waals surface area contributed by atoms with Crippen LogP contribution >= 0.6 is 0 Å². The van der Waals surface area contributed by atoms with Crippen LogP contribution in [0.2, 0.25) is 0 Å². The molecule has 3 nitrogen and oxygen atoms in total. The van der Waals surface area contributed by atoms with Gasteiger partial charge < -0.3 is 5.11 Å². The Morgan fingerprint density at radius 2 is 2.00 bits per heavy atom. The number of hydrogen-bond acceptors (Lipinski definition) is 3. The topological polar surface area (TPSA) is 47.3 Å². The molecule has 0 amide bonds. The van der Waals surface area contributed by atoms with Crippen LogP contribution in [-0.4, -0.2) is 29.7 Å². The summed E-state index contributed by atoms with van der Waals surface area (Å²) < 4.78 is 0. The molecule has 0 spiro atoms. The van der Waals surface area contributed by atoms with Crippen molar-refractivity contribution in [1.29, 1.82) is 5.26 Å². The third-order valence-electron chi connectivity index (χ3n) is 1.96. The Hall–Kier alpha value is -1.37. The van der Waals surface area contributed by atoms with Crippen molar-refractivity contribution in [2.24, 2.45) is 0 Å². The third kappa shape index (κ3) is 3.56. The van der Waals surface area contributed by atoms with E-state index in [9.17, 15) is 0 Å². The van der Waals surface area contributed by atoms with Gasteiger partial charge in [-0.25, -0.2) is 0 Å². The highest BCUT2D eigenvalue weighted by molar-refractivity contribution is 5.14. The molecule has 0 fully saturated rings. The molecule has 1 aromatic carbocycles. The van der Waals surface area contributed by atoms with E-state index in [-0.39, 0.29) is 6.61 Å². The van der Waals surface area contributed by atoms with Crippen LogP contribution in [0.3, 0.4) is 0 Å². The molecule has 74 valence electrons. The number of benzene rings is 1. The van der Waals surface area contributed by atoms with Crippen LogP contribution in [0.4, 0.5) is 0 Å². The van der Waals surface area contributed by atoms with Crippen molar-refractivity contribution in [2.75, 3.05) is 19.7 Å². The Labute approximate surface area is 84.2 Å². The highest BCUT2D eigenvalue weighted by Crippen LogP contribution is 2.03. The molecule has 1 rings (SSSR count). The molecule has 0 saturated heterocycles. The van der Waals surface area contributed by atoms with E-state index in [0.29, 0.717) is 13.1 Å². The molecular formula is C11H14N2O. The molecule has 1 N–H and O–H groups in total. The Morgan fingerprint density at radius 1 is 1.29 bits per heavy atom. The fourth-order valence-corrected chi connectivity index (χ4v) is 1.30. The molecular weight excluding hydrogens is 176 g/mol. The first kappa shape index (κ1) is 10.7. The average Bonchev–Trinajstić information content (AvgIpc) is 2.20. The summed E-state index contributed by atoms with van der Waals surface area (Å²) in [6.07, 6.45) is 0. The largest absolute Gasteiger partial charge is 0.395 e. The van der Waals surface area contributed by atoms with Crippen molar-refractivity contribution < 1.29 is 5.11 Å². The van der Waals surface area contributed by atoms with Crippen LogP contribution in [0.25, 0.3) is 0 Å². The van der Waals surface area contributed by atoms with Gasteiger partial charge in [0.05, 0.1) is 19.2 Å². The van der Waals surface area contributed by atoms with Gasteiger partial charge in [0.1, 0.15) is 0 Å². The molecule has 1 aromatic rings. The van der Waals surface area contributed by atoms with Gasteiger partial charge in [0.15, 0.2) is 0 Å². The van der Waals surface area contributed by atoms with Crippen molar-refractivity contribution in [3.05, 3.63) is 35.9 Å². The maximum absolute atomic E-state index is 8.79. The molecule has 0 aliphatic rings. The van der Waals surface area contributed by atoms with Crippen LogP contribution in [-0.2, 0) is 6.54 Å². The minimum Gasteiger partial charge on any atom is -0.395 e. The minimum atomic E-state index is 0.0918. The second-order valence-corrected chi connectivity index (χ2v) is 3.08. The number of nitriles is 1. The molecule has 0 aromatic heterocycles. The van der Waals surface area contributed by atoms with Crippen molar-refractivity contribution in [3.63, 3.8) is 0 Å². The van der Waals surface area contributed by atoms with Crippen molar-refractivity contribution in [1.82, 2.24) is 4.90 Å². The lowest BCUT2D eigenvalue weighted by Gasteiger charge is -2.17. The Bertz CT molecular complexity index is 292. The first-order chi connectivity index (χ1) is 6.86. The standard InChI is InChI=1S/C11H14N2O/c12-6-7-13(8-9-14)10-11-4-2-1-3-5-11/h1-5,14H,7-10H2. The van der Waals surface area contributed by atoms with Crippen LogP contribution in [0.15, 0.2) is 30.3 Å². The van der Waals surface area contributed by atoms with Crippen LogP contribution in [0.5, 0.6) is 0 Å². The number of aliphatic hydroxyl groups excluding tert-OH is 1. The zero-order valence-electron chi connectivity index (χ0n) is 8.06. The van der Waals surface area contributed by atoms with E-state index in [2.05, 4.69) is 6.07 Å². The number of aliphatic hydroxyl groups is 1. The molecule has 0 heterocycles. The third-order valence-corrected chi connectivity index (χ3v) is 1.96. The monoisotopic (exact) mass is 190 g/mol. The molecule has 0 saturated carbocycles. The lowest BCUT2D eigenvalue weighted by Crippen LogP contribution is -2.26. The maximum Gasteiger partial charge on any atom is 0.0869 e. The van der Waals surface area contributed by atoms with Gasteiger partial charge >= 0.3 is 0 Å². The average molecular weight is 190 g/mol. The molecule has 0 aliphatic heterocycles. The summed E-state index contributed by atoms with van der Waals surface area (Å²) in [5, 5.41) is 17.4. The molecule has 0 aliphatic carbocycles. The maximum atomic E-state index is 8.79. The molecule has 0 radical (unpaired) electrons. The number of rotatable bonds is 5. The second-order valence-electron chi connectivity index (χ2n) is 3.08. The second kappa shape index (κ2) is 6.14. The van der Waals surface area contributed by atoms with Gasteiger partial charge in [0, 0.05) is 13.1 Å². The highest BCUT2D eigenvalue weighted by Gasteiger charge is 2.03. The van der Waals surface area contributed by atoms with E-state index in [4.69, 9.17) is 10.4 Å². The fraction of sp³-hybridized carbons (Fsp3) is 0.364. The summed E-state index contributed by atoms with van der Waals surface area (Å²) in [7, 11) is 0. The summed E-state index contributed by atoms with van der Waals surface area (Å²) >= 11 is 0. The lowest BCUT2D eigenvalue weighted by molar-refractivity contribution is 0.205. The van der Waals surface area contributed by atoms with E-state index in [1.807, 2.05) is 35.2 Å². The van der Waals surface area contributed by atoms with Gasteiger partial charge in [-0.2, -0.15) is 5.26 Å². The summed E-state index contributed by atoms with van der Waals surface area (Å²) in [6, 6.07) is 12.0. The fourth-order valence-electron chi connectivity index (χ4n) is 1.30. The quantitative estimate of drug-likeness (QED) is 0.705. The Kier molecular flexibility index (Phi) is 4.70. The summed E-state index contributed by atoms with van der Waals surface area (Å²) in [5.74, 6) is 0. The summed E-state index contributed by atoms with van der Waals surface area (Å²) in [6.45, 7) is 1.71. The zero-order chi connectivity index (χ0) is 10.2. The van der Waals surface area contributed by atoms with E-state index in [1.165, 1.54) is 0 Å². The van der Waals surface area contributed by atoms with Gasteiger partial charge in [-0.15, -0.1) is 0 Å². The van der Waals surface area contributed by atoms with E-state index in [1.54, 1.807) is 0 Å². The van der Waals surface area contributed by atoms with Crippen molar-refractivity contribution in [2.45, 2.75) is 6.54 Å². The normalized spacial score (nSPS) is 10.1. The summed E-state index contributed by atoms with van der Waals surface area (Å²) in [4.78, 5) is 1.91. The van der Waals surface area contributed by atoms with Gasteiger partial charge in [-0.1, -0.05) is 30.3 Å². The van der Waals surface area contributed by atoms with E-state index >= 15 is 0 Å². The van der Waals surface area contributed by atoms with Crippen LogP contribution in [0.1, 0.15) is 5.56 Å². The van der Waals surface area contributed by atoms with Gasteiger partial charge in [0.2, 0.25) is 0 Å². The molecule has 0 bridgehead atoms. The van der Waals surface area contributed by atoms with Gasteiger partial charge in [-0.3, -0.25) is 4.90 Å². The van der Waals surface area contributed by atoms with Crippen molar-refractivity contribution >= 4 is 0 Å². The molecule has 0 unspecified atom stereocenters. The molecule has 14 heavy (non-hydrogen) atoms. The summed E-state index contributed by atoms with van der Waals surface area (Å²) in [5.41, 5.74) is 1.16. The van der Waals surface area contributed by atoms with Gasteiger partial charge in [0.25, 0.3) is 0 Å². The SMILES string of the molecule is N#CCN(CCO)Cc1ccccc1. The number of hydrogen-bond donors (Lipinski definition) is 1. The number of nitrogens with zero attached hydrogens (tertiary/aromatic N) is 2. The first-order valence-electron chi connectivity index (χ1n) is 4.61. The predicted molar refractivity (Wildman–Crippen MR) is 54.4 cm³/mol. The lowest BCUT2D eigenvalue weighted by atomic mass is 10.2.